The molecule has 0 unspecified atom stereocenters. The van der Waals surface area contributed by atoms with Gasteiger partial charge in [-0.3, -0.25) is 9.80 Å². The minimum Gasteiger partial charge on any atom is -0.374 e. The average Bonchev–Trinajstić information content (AvgIpc) is 3.16. The number of aromatic nitrogens is 2. The van der Waals surface area contributed by atoms with E-state index in [1.165, 1.54) is 5.56 Å². The number of likely N-dealkylation sites (tertiary alicyclic amines) is 1. The van der Waals surface area contributed by atoms with Crippen molar-refractivity contribution >= 4 is 11.6 Å². The fourth-order valence-corrected chi connectivity index (χ4v) is 3.62. The molecule has 0 spiro atoms. The predicted octanol–water partition coefficient (Wildman–Crippen LogP) is 2.04. The topological polar surface area (TPSA) is 33.5 Å². The molecule has 2 aliphatic rings. The van der Waals surface area contributed by atoms with Crippen molar-refractivity contribution in [2.24, 2.45) is 0 Å². The Bertz CT molecular complexity index is 671. The minimum atomic E-state index is 0.347. The number of nitrogens with zero attached hydrogens (tertiary/aromatic N) is 4. The minimum absolute atomic E-state index is 0.347. The molecule has 0 N–H and O–H groups in total. The number of hydrogen-bond acceptors (Lipinski definition) is 4. The number of likely N-dealkylation sites (N-methyl/N-ethyl adjacent to an activating group) is 1. The third-order valence-corrected chi connectivity index (χ3v) is 5.04. The Morgan fingerprint density at radius 2 is 2.09 bits per heavy atom. The third kappa shape index (κ3) is 3.15. The quantitative estimate of drug-likeness (QED) is 0.861. The molecular weight excluding hydrogens is 312 g/mol. The van der Waals surface area contributed by atoms with Crippen LogP contribution in [0.15, 0.2) is 36.7 Å². The zero-order chi connectivity index (χ0) is 15.8. The van der Waals surface area contributed by atoms with Gasteiger partial charge in [0.1, 0.15) is 0 Å². The van der Waals surface area contributed by atoms with E-state index >= 15 is 0 Å². The molecule has 6 heteroatoms. The van der Waals surface area contributed by atoms with Crippen LogP contribution in [-0.4, -0.2) is 65.0 Å². The summed E-state index contributed by atoms with van der Waals surface area (Å²) < 4.78 is 7.81. The van der Waals surface area contributed by atoms with Gasteiger partial charge in [0, 0.05) is 49.0 Å². The number of morpholine rings is 1. The number of benzene rings is 1. The van der Waals surface area contributed by atoms with E-state index < -0.39 is 0 Å². The van der Waals surface area contributed by atoms with Crippen LogP contribution in [-0.2, 0) is 11.3 Å². The molecular formula is C17H21ClN4O. The molecule has 0 bridgehead atoms. The van der Waals surface area contributed by atoms with Crippen LogP contribution in [0.1, 0.15) is 5.56 Å². The Kier molecular flexibility index (Phi) is 4.11. The first-order valence-electron chi connectivity index (χ1n) is 8.03. The van der Waals surface area contributed by atoms with E-state index in [-0.39, 0.29) is 0 Å². The van der Waals surface area contributed by atoms with Crippen LogP contribution >= 0.6 is 11.6 Å². The molecule has 2 fully saturated rings. The smallest absolute Gasteiger partial charge is 0.0869 e. The summed E-state index contributed by atoms with van der Waals surface area (Å²) in [6, 6.07) is 8.25. The Balaban J connectivity index is 1.43. The third-order valence-electron chi connectivity index (χ3n) is 4.79. The van der Waals surface area contributed by atoms with E-state index in [4.69, 9.17) is 16.3 Å². The van der Waals surface area contributed by atoms with Crippen LogP contribution < -0.4 is 0 Å². The summed E-state index contributed by atoms with van der Waals surface area (Å²) in [5.41, 5.74) is 2.25. The van der Waals surface area contributed by atoms with E-state index in [0.717, 1.165) is 43.5 Å². The summed E-state index contributed by atoms with van der Waals surface area (Å²) in [5.74, 6) is 0. The van der Waals surface area contributed by atoms with Gasteiger partial charge >= 0.3 is 0 Å². The van der Waals surface area contributed by atoms with Crippen LogP contribution in [0.25, 0.3) is 5.69 Å². The van der Waals surface area contributed by atoms with Gasteiger partial charge in [-0.25, -0.2) is 4.68 Å². The highest BCUT2D eigenvalue weighted by molar-refractivity contribution is 6.30. The van der Waals surface area contributed by atoms with Gasteiger partial charge in [-0.2, -0.15) is 5.10 Å². The van der Waals surface area contributed by atoms with Crippen molar-refractivity contribution < 1.29 is 4.74 Å². The molecule has 4 rings (SSSR count). The predicted molar refractivity (Wildman–Crippen MR) is 90.0 cm³/mol. The van der Waals surface area contributed by atoms with Crippen molar-refractivity contribution in [2.45, 2.75) is 18.7 Å². The molecule has 1 aromatic heterocycles. The second-order valence-electron chi connectivity index (χ2n) is 6.42. The lowest BCUT2D eigenvalue weighted by molar-refractivity contribution is -0.0370. The van der Waals surface area contributed by atoms with Gasteiger partial charge in [0.2, 0.25) is 0 Å². The molecule has 1 aromatic carbocycles. The van der Waals surface area contributed by atoms with Gasteiger partial charge in [0.25, 0.3) is 0 Å². The zero-order valence-electron chi connectivity index (χ0n) is 13.2. The molecule has 0 saturated carbocycles. The first kappa shape index (κ1) is 15.1. The molecule has 23 heavy (non-hydrogen) atoms. The van der Waals surface area contributed by atoms with Crippen LogP contribution in [0.2, 0.25) is 5.02 Å². The fraction of sp³-hybridized carbons (Fsp3) is 0.471. The fourth-order valence-electron chi connectivity index (χ4n) is 3.50. The lowest BCUT2D eigenvalue weighted by Gasteiger charge is -2.33. The zero-order valence-corrected chi connectivity index (χ0v) is 14.0. The summed E-state index contributed by atoms with van der Waals surface area (Å²) in [6.07, 6.45) is 4.39. The second-order valence-corrected chi connectivity index (χ2v) is 6.86. The lowest BCUT2D eigenvalue weighted by Crippen LogP contribution is -2.48. The Morgan fingerprint density at radius 1 is 1.26 bits per heavy atom. The SMILES string of the molecule is CN1CCO[C@@H]2CN(Cc3cnn(-c4ccc(Cl)cc4)c3)C[C@@H]21. The molecule has 122 valence electrons. The maximum absolute atomic E-state index is 5.94. The lowest BCUT2D eigenvalue weighted by atomic mass is 10.1. The van der Waals surface area contributed by atoms with Crippen molar-refractivity contribution in [3.05, 3.63) is 47.2 Å². The largest absolute Gasteiger partial charge is 0.374 e. The monoisotopic (exact) mass is 332 g/mol. The molecule has 3 heterocycles. The van der Waals surface area contributed by atoms with Gasteiger partial charge in [0.15, 0.2) is 0 Å². The van der Waals surface area contributed by atoms with E-state index in [1.807, 2.05) is 35.1 Å². The highest BCUT2D eigenvalue weighted by Crippen LogP contribution is 2.23. The van der Waals surface area contributed by atoms with E-state index in [1.54, 1.807) is 0 Å². The van der Waals surface area contributed by atoms with Gasteiger partial charge in [-0.05, 0) is 31.3 Å². The van der Waals surface area contributed by atoms with Gasteiger partial charge in [-0.1, -0.05) is 11.6 Å². The standard InChI is InChI=1S/C17H21ClN4O/c1-20-6-7-23-17-12-21(11-16(17)20)9-13-8-19-22(10-13)15-4-2-14(18)3-5-15/h2-5,8,10,16-17H,6-7,9,11-12H2,1H3/t16-,17+/m0/s1. The first-order valence-corrected chi connectivity index (χ1v) is 8.40. The highest BCUT2D eigenvalue weighted by Gasteiger charge is 2.38. The van der Waals surface area contributed by atoms with Gasteiger partial charge in [0.05, 0.1) is 24.6 Å². The van der Waals surface area contributed by atoms with Crippen molar-refractivity contribution in [1.82, 2.24) is 19.6 Å². The number of halogens is 1. The molecule has 0 amide bonds. The van der Waals surface area contributed by atoms with Crippen LogP contribution in [0.5, 0.6) is 0 Å². The molecule has 5 nitrogen and oxygen atoms in total. The average molecular weight is 333 g/mol. The van der Waals surface area contributed by atoms with Crippen molar-refractivity contribution in [1.29, 1.82) is 0 Å². The number of rotatable bonds is 3. The maximum atomic E-state index is 5.94. The number of hydrogen-bond donors (Lipinski definition) is 0. The summed E-state index contributed by atoms with van der Waals surface area (Å²) in [4.78, 5) is 4.88. The summed E-state index contributed by atoms with van der Waals surface area (Å²) in [5, 5.41) is 5.21. The number of fused-ring (bicyclic) bond motifs is 1. The van der Waals surface area contributed by atoms with Gasteiger partial charge in [-0.15, -0.1) is 0 Å². The molecule has 0 aliphatic carbocycles. The Hall–Kier alpha value is -1.40. The molecule has 2 aromatic rings. The Morgan fingerprint density at radius 3 is 2.87 bits per heavy atom. The first-order chi connectivity index (χ1) is 11.2. The summed E-state index contributed by atoms with van der Waals surface area (Å²) in [6.45, 7) is 4.86. The molecule has 2 atom stereocenters. The molecule has 2 saturated heterocycles. The summed E-state index contributed by atoms with van der Waals surface area (Å²) >= 11 is 5.94. The Labute approximate surface area is 141 Å². The van der Waals surface area contributed by atoms with Gasteiger partial charge < -0.3 is 4.74 Å². The number of ether oxygens (including phenoxy) is 1. The van der Waals surface area contributed by atoms with Crippen molar-refractivity contribution in [2.75, 3.05) is 33.3 Å². The normalized spacial score (nSPS) is 25.7. The van der Waals surface area contributed by atoms with E-state index in [9.17, 15) is 0 Å². The second kappa shape index (κ2) is 6.24. The summed E-state index contributed by atoms with van der Waals surface area (Å²) in [7, 11) is 2.20. The molecule has 2 aliphatic heterocycles. The van der Waals surface area contributed by atoms with Crippen LogP contribution in [0, 0.1) is 0 Å². The van der Waals surface area contributed by atoms with Crippen LogP contribution in [0.4, 0.5) is 0 Å². The van der Waals surface area contributed by atoms with E-state index in [2.05, 4.69) is 28.1 Å². The highest BCUT2D eigenvalue weighted by atomic mass is 35.5. The van der Waals surface area contributed by atoms with E-state index in [0.29, 0.717) is 12.1 Å². The van der Waals surface area contributed by atoms with Crippen LogP contribution in [0.3, 0.4) is 0 Å². The van der Waals surface area contributed by atoms with Crippen molar-refractivity contribution in [3.8, 4) is 5.69 Å². The maximum Gasteiger partial charge on any atom is 0.0869 e. The van der Waals surface area contributed by atoms with Crippen molar-refractivity contribution in [3.63, 3.8) is 0 Å². The molecule has 0 radical (unpaired) electrons.